The minimum absolute atomic E-state index is 0.586. The van der Waals surface area contributed by atoms with Gasteiger partial charge in [0, 0.05) is 25.2 Å². The van der Waals surface area contributed by atoms with Crippen LogP contribution in [0.4, 0.5) is 5.82 Å². The highest BCUT2D eigenvalue weighted by Gasteiger charge is 2.24. The monoisotopic (exact) mass is 357 g/mol. The summed E-state index contributed by atoms with van der Waals surface area (Å²) in [5.74, 6) is 2.04. The van der Waals surface area contributed by atoms with Gasteiger partial charge in [0.15, 0.2) is 0 Å². The Balaban J connectivity index is 0.000000956. The maximum atomic E-state index is 8.68. The second-order valence-electron chi connectivity index (χ2n) is 4.77. The van der Waals surface area contributed by atoms with Gasteiger partial charge in [0.25, 0.3) is 0 Å². The highest BCUT2D eigenvalue weighted by atomic mass is 79.9. The maximum Gasteiger partial charge on any atom is 0.127 e. The number of hydrogen-bond acceptors (Lipinski definition) is 3. The number of pyridine rings is 1. The number of halogens is 2. The van der Waals surface area contributed by atoms with Crippen molar-refractivity contribution < 1.29 is 0 Å². The zero-order valence-electron chi connectivity index (χ0n) is 12.0. The lowest BCUT2D eigenvalue weighted by atomic mass is 10.0. The Morgan fingerprint density at radius 3 is 2.80 bits per heavy atom. The Labute approximate surface area is 134 Å². The molecule has 0 bridgehead atoms. The number of aromatic nitrogens is 1. The molecule has 0 spiro atoms. The molecule has 1 heterocycles. The van der Waals surface area contributed by atoms with Crippen LogP contribution in [0, 0.1) is 23.2 Å². The third-order valence-corrected chi connectivity index (χ3v) is 4.58. The van der Waals surface area contributed by atoms with Gasteiger partial charge in [-0.25, -0.2) is 4.98 Å². The number of nitriles is 1. The summed E-state index contributed by atoms with van der Waals surface area (Å²) < 4.78 is 0.810. The molecule has 1 aliphatic rings. The molecule has 0 aliphatic heterocycles. The molecule has 1 N–H and O–H groups in total. The molecule has 0 radical (unpaired) electrons. The number of anilines is 1. The average molecular weight is 359 g/mol. The minimum atomic E-state index is 0.586. The first-order valence-corrected chi connectivity index (χ1v) is 8.28. The first-order valence-electron chi connectivity index (χ1n) is 7.11. The number of rotatable bonds is 4. The van der Waals surface area contributed by atoms with Crippen molar-refractivity contribution in [1.29, 1.82) is 5.26 Å². The first-order chi connectivity index (χ1) is 9.69. The van der Waals surface area contributed by atoms with Gasteiger partial charge in [-0.1, -0.05) is 25.4 Å². The van der Waals surface area contributed by atoms with Crippen LogP contribution >= 0.6 is 27.5 Å². The van der Waals surface area contributed by atoms with Gasteiger partial charge in [0.05, 0.1) is 15.6 Å². The number of nitrogens with one attached hydrogen (secondary N) is 1. The van der Waals surface area contributed by atoms with Crippen molar-refractivity contribution in [2.24, 2.45) is 11.8 Å². The molecular formula is C15H21BrClN3. The van der Waals surface area contributed by atoms with Crippen molar-refractivity contribution in [3.05, 3.63) is 21.8 Å². The van der Waals surface area contributed by atoms with Crippen molar-refractivity contribution in [2.45, 2.75) is 39.5 Å². The predicted molar refractivity (Wildman–Crippen MR) is 87.8 cm³/mol. The molecule has 2 unspecified atom stereocenters. The topological polar surface area (TPSA) is 48.7 Å². The molecule has 0 amide bonds. The van der Waals surface area contributed by atoms with Crippen LogP contribution in [0.2, 0.25) is 5.02 Å². The van der Waals surface area contributed by atoms with Crippen LogP contribution in [0.25, 0.3) is 0 Å². The summed E-state index contributed by atoms with van der Waals surface area (Å²) in [5, 5.41) is 12.7. The highest BCUT2D eigenvalue weighted by Crippen LogP contribution is 2.33. The molecule has 110 valence electrons. The van der Waals surface area contributed by atoms with Crippen molar-refractivity contribution in [3.8, 4) is 6.07 Å². The number of nitrogens with zero attached hydrogens (tertiary/aromatic N) is 2. The van der Waals surface area contributed by atoms with Crippen LogP contribution in [-0.4, -0.2) is 11.5 Å². The molecule has 20 heavy (non-hydrogen) atoms. The molecule has 1 aromatic heterocycles. The smallest absolute Gasteiger partial charge is 0.127 e. The van der Waals surface area contributed by atoms with Crippen LogP contribution in [-0.2, 0) is 0 Å². The van der Waals surface area contributed by atoms with Gasteiger partial charge in [0.2, 0.25) is 0 Å². The van der Waals surface area contributed by atoms with Crippen LogP contribution in [0.5, 0.6) is 0 Å². The van der Waals surface area contributed by atoms with Crippen molar-refractivity contribution >= 4 is 33.3 Å². The minimum Gasteiger partial charge on any atom is -0.370 e. The van der Waals surface area contributed by atoms with Gasteiger partial charge in [-0.15, -0.1) is 0 Å². The Bertz CT molecular complexity index is 459. The molecule has 1 fully saturated rings. The van der Waals surface area contributed by atoms with E-state index in [0.717, 1.165) is 23.3 Å². The lowest BCUT2D eigenvalue weighted by Gasteiger charge is -2.12. The molecule has 5 heteroatoms. The van der Waals surface area contributed by atoms with Crippen LogP contribution < -0.4 is 5.32 Å². The molecule has 1 aliphatic carbocycles. The van der Waals surface area contributed by atoms with Gasteiger partial charge < -0.3 is 5.32 Å². The van der Waals surface area contributed by atoms with E-state index in [-0.39, 0.29) is 0 Å². The van der Waals surface area contributed by atoms with E-state index in [4.69, 9.17) is 16.9 Å². The van der Waals surface area contributed by atoms with Gasteiger partial charge in [-0.2, -0.15) is 5.26 Å². The van der Waals surface area contributed by atoms with Crippen molar-refractivity contribution in [3.63, 3.8) is 0 Å². The van der Waals surface area contributed by atoms with E-state index >= 15 is 0 Å². The molecule has 2 rings (SSSR count). The SMILES string of the molecule is CC.N#CCC1CCC(CNc2cc(Cl)c(Br)cn2)C1. The predicted octanol–water partition coefficient (Wildman–Crippen LogP) is 5.27. The Hall–Kier alpha value is -0.790. The Kier molecular flexibility index (Phi) is 7.94. The normalized spacial score (nSPS) is 20.8. The summed E-state index contributed by atoms with van der Waals surface area (Å²) in [6, 6.07) is 4.09. The standard InChI is InChI=1S/C13H15BrClN3.C2H6/c14-11-8-18-13(6-12(11)15)17-7-10-2-1-9(5-10)3-4-16;1-2/h6,8-10H,1-3,5,7H2,(H,17,18);1-2H3. The largest absolute Gasteiger partial charge is 0.370 e. The summed E-state index contributed by atoms with van der Waals surface area (Å²) in [4.78, 5) is 4.26. The van der Waals surface area contributed by atoms with E-state index < -0.39 is 0 Å². The van der Waals surface area contributed by atoms with E-state index in [0.29, 0.717) is 23.3 Å². The molecule has 0 saturated heterocycles. The zero-order valence-corrected chi connectivity index (χ0v) is 14.3. The summed E-state index contributed by atoms with van der Waals surface area (Å²) in [5.41, 5.74) is 0. The quantitative estimate of drug-likeness (QED) is 0.798. The lowest BCUT2D eigenvalue weighted by molar-refractivity contribution is 0.513. The van der Waals surface area contributed by atoms with Crippen molar-refractivity contribution in [1.82, 2.24) is 4.98 Å². The molecule has 3 nitrogen and oxygen atoms in total. The average Bonchev–Trinajstić information content (AvgIpc) is 2.91. The summed E-state index contributed by atoms with van der Waals surface area (Å²) in [6.45, 7) is 4.91. The van der Waals surface area contributed by atoms with Crippen LogP contribution in [0.15, 0.2) is 16.7 Å². The van der Waals surface area contributed by atoms with Crippen LogP contribution in [0.1, 0.15) is 39.5 Å². The lowest BCUT2D eigenvalue weighted by Crippen LogP contribution is -2.12. The first kappa shape index (κ1) is 17.3. The van der Waals surface area contributed by atoms with Crippen LogP contribution in [0.3, 0.4) is 0 Å². The van der Waals surface area contributed by atoms with Gasteiger partial charge in [-0.3, -0.25) is 0 Å². The fraction of sp³-hybridized carbons (Fsp3) is 0.600. The molecule has 2 atom stereocenters. The third kappa shape index (κ3) is 5.30. The molecular weight excluding hydrogens is 338 g/mol. The molecule has 1 saturated carbocycles. The van der Waals surface area contributed by atoms with E-state index in [2.05, 4.69) is 32.3 Å². The fourth-order valence-electron chi connectivity index (χ4n) is 2.44. The zero-order chi connectivity index (χ0) is 15.0. The second-order valence-corrected chi connectivity index (χ2v) is 6.03. The van der Waals surface area contributed by atoms with E-state index in [9.17, 15) is 0 Å². The van der Waals surface area contributed by atoms with Gasteiger partial charge in [-0.05, 0) is 47.0 Å². The maximum absolute atomic E-state index is 8.68. The van der Waals surface area contributed by atoms with E-state index in [1.54, 1.807) is 6.20 Å². The Morgan fingerprint density at radius 1 is 1.45 bits per heavy atom. The number of hydrogen-bond donors (Lipinski definition) is 1. The summed E-state index contributed by atoms with van der Waals surface area (Å²) in [7, 11) is 0. The van der Waals surface area contributed by atoms with E-state index in [1.165, 1.54) is 12.8 Å². The van der Waals surface area contributed by atoms with Crippen molar-refractivity contribution in [2.75, 3.05) is 11.9 Å². The van der Waals surface area contributed by atoms with Gasteiger partial charge in [0.1, 0.15) is 5.82 Å². The summed E-state index contributed by atoms with van der Waals surface area (Å²) >= 11 is 9.33. The molecule has 1 aromatic rings. The fourth-order valence-corrected chi connectivity index (χ4v) is 2.81. The molecule has 0 aromatic carbocycles. The van der Waals surface area contributed by atoms with E-state index in [1.807, 2.05) is 19.9 Å². The third-order valence-electron chi connectivity index (χ3n) is 3.41. The van der Waals surface area contributed by atoms with Gasteiger partial charge >= 0.3 is 0 Å². The Morgan fingerprint density at radius 2 is 2.15 bits per heavy atom. The highest BCUT2D eigenvalue weighted by molar-refractivity contribution is 9.10. The summed E-state index contributed by atoms with van der Waals surface area (Å²) in [6.07, 6.45) is 5.92. The second kappa shape index (κ2) is 9.20.